The van der Waals surface area contributed by atoms with Gasteiger partial charge in [0, 0.05) is 41.0 Å². The smallest absolute Gasteiger partial charge is 0.259 e. The Kier molecular flexibility index (Phi) is 18.0. The topological polar surface area (TPSA) is 192 Å². The van der Waals surface area contributed by atoms with Crippen molar-refractivity contribution in [3.63, 3.8) is 0 Å². The Hall–Kier alpha value is -6.94. The van der Waals surface area contributed by atoms with Gasteiger partial charge in [-0.05, 0) is 97.2 Å². The van der Waals surface area contributed by atoms with E-state index < -0.39 is 11.2 Å². The van der Waals surface area contributed by atoms with Gasteiger partial charge in [0.25, 0.3) is 17.3 Å². The third kappa shape index (κ3) is 14.0. The number of ether oxygens (including phenoxy) is 2. The number of alkyl halides is 1. The SMILES string of the molecule is CCCOc1cccc(CBr)c1.CCCOc1cccc(Cn2cc(-c3nc(-c4ccc(C5(O)CCCCC5)cc4)no3)ccc2=O)c1.O=c1ccc(-c2nc(-c3ccc(C4(O)CCCCC4)cc3)no2)c[nH]1. The van der Waals surface area contributed by atoms with E-state index in [1.807, 2.05) is 84.9 Å². The second-order valence-corrected chi connectivity index (χ2v) is 19.2. The molecule has 15 heteroatoms. The molecule has 10 rings (SSSR count). The fraction of sp³-hybridized carbons (Fsp3) is 0.345. The molecule has 0 amide bonds. The Balaban J connectivity index is 0.000000165. The van der Waals surface area contributed by atoms with Crippen molar-refractivity contribution in [1.82, 2.24) is 29.8 Å². The van der Waals surface area contributed by atoms with Gasteiger partial charge >= 0.3 is 0 Å². The highest BCUT2D eigenvalue weighted by Gasteiger charge is 2.32. The number of H-pyrrole nitrogens is 1. The van der Waals surface area contributed by atoms with E-state index >= 15 is 0 Å². The molecule has 73 heavy (non-hydrogen) atoms. The molecule has 4 aromatic carbocycles. The highest BCUT2D eigenvalue weighted by molar-refractivity contribution is 9.08. The van der Waals surface area contributed by atoms with E-state index in [1.54, 1.807) is 29.1 Å². The second-order valence-electron chi connectivity index (χ2n) is 18.6. The molecule has 4 heterocycles. The van der Waals surface area contributed by atoms with Gasteiger partial charge in [-0.2, -0.15) is 9.97 Å². The van der Waals surface area contributed by atoms with Crippen molar-refractivity contribution >= 4 is 15.9 Å². The summed E-state index contributed by atoms with van der Waals surface area (Å²) in [5.41, 5.74) is 5.31. The molecule has 0 atom stereocenters. The Morgan fingerprint density at radius 1 is 0.603 bits per heavy atom. The normalized spacial score (nSPS) is 14.8. The molecule has 3 N–H and O–H groups in total. The first-order chi connectivity index (χ1) is 35.5. The highest BCUT2D eigenvalue weighted by atomic mass is 79.9. The fourth-order valence-electron chi connectivity index (χ4n) is 9.04. The summed E-state index contributed by atoms with van der Waals surface area (Å²) < 4.78 is 23.6. The quantitative estimate of drug-likeness (QED) is 0.0825. The molecule has 8 aromatic rings. The minimum atomic E-state index is -0.742. The summed E-state index contributed by atoms with van der Waals surface area (Å²) in [6, 6.07) is 37.6. The number of hydrogen-bond donors (Lipinski definition) is 3. The van der Waals surface area contributed by atoms with Crippen LogP contribution in [0.3, 0.4) is 0 Å². The summed E-state index contributed by atoms with van der Waals surface area (Å²) >= 11 is 3.40. The first-order valence-corrected chi connectivity index (χ1v) is 26.4. The predicted molar refractivity (Wildman–Crippen MR) is 285 cm³/mol. The second kappa shape index (κ2) is 25.1. The number of hydrogen-bond acceptors (Lipinski definition) is 12. The van der Waals surface area contributed by atoms with E-state index in [4.69, 9.17) is 18.5 Å². The minimum absolute atomic E-state index is 0.116. The minimum Gasteiger partial charge on any atom is -0.494 e. The number of pyridine rings is 2. The zero-order chi connectivity index (χ0) is 51.0. The van der Waals surface area contributed by atoms with Crippen LogP contribution in [0.5, 0.6) is 11.5 Å². The summed E-state index contributed by atoms with van der Waals surface area (Å²) in [4.78, 5) is 35.2. The standard InChI is InChI=1S/C29H31N3O4.C19H19N3O3.C10H13BrO/c1-2-17-35-25-8-6-7-21(18-25)19-32-20-23(11-14-26(32)33)28-30-27(31-36-28)22-9-12-24(13-10-22)29(34)15-4-3-5-16-29;23-16-9-6-14(12-20-16)18-21-17(22-25-18)13-4-7-15(8-5-13)19(24)10-2-1-3-11-19;1-2-6-12-10-5-3-4-9(7-10)8-11/h6-14,18,20,34H,2-5,15-17,19H2,1H3;4-9,12,24H,1-3,10-11H2,(H,20,23);3-5,7H,2,6,8H2,1H3. The van der Waals surface area contributed by atoms with Crippen LogP contribution in [0.2, 0.25) is 0 Å². The van der Waals surface area contributed by atoms with Gasteiger partial charge in [0.2, 0.25) is 17.2 Å². The van der Waals surface area contributed by atoms with Crippen molar-refractivity contribution in [2.45, 2.75) is 114 Å². The Morgan fingerprint density at radius 2 is 1.08 bits per heavy atom. The molecule has 0 radical (unpaired) electrons. The highest BCUT2D eigenvalue weighted by Crippen LogP contribution is 2.39. The summed E-state index contributed by atoms with van der Waals surface area (Å²) in [5.74, 6) is 3.39. The number of nitrogens with one attached hydrogen (secondary N) is 1. The number of benzene rings is 4. The van der Waals surface area contributed by atoms with Crippen LogP contribution in [0.15, 0.2) is 152 Å². The van der Waals surface area contributed by atoms with E-state index in [2.05, 4.69) is 67.2 Å². The Bertz CT molecular complexity index is 3100. The number of nitrogens with zero attached hydrogens (tertiary/aromatic N) is 5. The molecule has 0 spiro atoms. The third-order valence-electron chi connectivity index (χ3n) is 13.1. The van der Waals surface area contributed by atoms with Crippen LogP contribution >= 0.6 is 15.9 Å². The lowest BCUT2D eigenvalue weighted by Gasteiger charge is -2.32. The monoisotopic (exact) mass is 1050 g/mol. The molecule has 2 saturated carbocycles. The Labute approximate surface area is 433 Å². The molecule has 0 saturated heterocycles. The van der Waals surface area contributed by atoms with Crippen LogP contribution in [0, 0.1) is 0 Å². The van der Waals surface area contributed by atoms with E-state index in [9.17, 15) is 19.8 Å². The fourth-order valence-corrected chi connectivity index (χ4v) is 9.39. The van der Waals surface area contributed by atoms with Crippen LogP contribution in [-0.4, -0.2) is 53.3 Å². The molecule has 4 aromatic heterocycles. The molecule has 2 fully saturated rings. The van der Waals surface area contributed by atoms with Crippen LogP contribution in [0.1, 0.15) is 113 Å². The van der Waals surface area contributed by atoms with Crippen LogP contribution in [-0.2, 0) is 23.1 Å². The molecular weight excluding hydrogens is 989 g/mol. The van der Waals surface area contributed by atoms with E-state index in [-0.39, 0.29) is 11.1 Å². The maximum Gasteiger partial charge on any atom is 0.259 e. The predicted octanol–water partition coefficient (Wildman–Crippen LogP) is 12.2. The van der Waals surface area contributed by atoms with Crippen molar-refractivity contribution in [3.8, 4) is 57.2 Å². The van der Waals surface area contributed by atoms with Gasteiger partial charge in [0.1, 0.15) is 11.5 Å². The molecule has 0 bridgehead atoms. The van der Waals surface area contributed by atoms with Gasteiger partial charge in [0.15, 0.2) is 0 Å². The molecule has 2 aliphatic rings. The van der Waals surface area contributed by atoms with Crippen molar-refractivity contribution in [2.75, 3.05) is 13.2 Å². The molecular formula is C58H63BrN6O8. The van der Waals surface area contributed by atoms with Gasteiger partial charge < -0.3 is 38.3 Å². The van der Waals surface area contributed by atoms with E-state index in [0.29, 0.717) is 47.7 Å². The van der Waals surface area contributed by atoms with Crippen molar-refractivity contribution < 1.29 is 28.7 Å². The molecule has 2 aliphatic carbocycles. The lowest BCUT2D eigenvalue weighted by Crippen LogP contribution is -2.28. The maximum absolute atomic E-state index is 12.5. The summed E-state index contributed by atoms with van der Waals surface area (Å²) in [6.07, 6.45) is 15.1. The zero-order valence-electron chi connectivity index (χ0n) is 41.5. The van der Waals surface area contributed by atoms with E-state index in [0.717, 1.165) is 115 Å². The average molecular weight is 1050 g/mol. The first-order valence-electron chi connectivity index (χ1n) is 25.3. The van der Waals surface area contributed by atoms with Gasteiger partial charge in [-0.15, -0.1) is 0 Å². The van der Waals surface area contributed by atoms with Crippen molar-refractivity contribution in [3.05, 3.63) is 177 Å². The van der Waals surface area contributed by atoms with Gasteiger partial charge in [-0.1, -0.05) is 151 Å². The largest absolute Gasteiger partial charge is 0.494 e. The lowest BCUT2D eigenvalue weighted by atomic mass is 9.79. The average Bonchev–Trinajstić information content (AvgIpc) is 4.14. The number of aromatic nitrogens is 6. The first kappa shape index (κ1) is 52.4. The van der Waals surface area contributed by atoms with E-state index in [1.165, 1.54) is 30.5 Å². The molecule has 380 valence electrons. The Morgan fingerprint density at radius 3 is 1.58 bits per heavy atom. The molecule has 14 nitrogen and oxygen atoms in total. The van der Waals surface area contributed by atoms with Gasteiger partial charge in [-0.25, -0.2) is 0 Å². The molecule has 0 unspecified atom stereocenters. The number of aliphatic hydroxyl groups is 2. The number of halogens is 1. The summed E-state index contributed by atoms with van der Waals surface area (Å²) in [7, 11) is 0. The third-order valence-corrected chi connectivity index (χ3v) is 13.7. The molecule has 0 aliphatic heterocycles. The number of aromatic amines is 1. The van der Waals surface area contributed by atoms with Gasteiger partial charge in [0.05, 0.1) is 42.1 Å². The van der Waals surface area contributed by atoms with Crippen LogP contribution < -0.4 is 20.6 Å². The van der Waals surface area contributed by atoms with Crippen molar-refractivity contribution in [2.24, 2.45) is 0 Å². The summed E-state index contributed by atoms with van der Waals surface area (Å²) in [6.45, 7) is 6.03. The van der Waals surface area contributed by atoms with Crippen LogP contribution in [0.4, 0.5) is 0 Å². The lowest BCUT2D eigenvalue weighted by molar-refractivity contribution is -0.000957. The number of rotatable bonds is 15. The summed E-state index contributed by atoms with van der Waals surface area (Å²) in [5, 5.41) is 30.8. The maximum atomic E-state index is 12.5. The van der Waals surface area contributed by atoms with Gasteiger partial charge in [-0.3, -0.25) is 9.59 Å². The van der Waals surface area contributed by atoms with Crippen LogP contribution in [0.25, 0.3) is 45.7 Å². The zero-order valence-corrected chi connectivity index (χ0v) is 43.1. The van der Waals surface area contributed by atoms with Crippen molar-refractivity contribution in [1.29, 1.82) is 0 Å².